The molecular formula is C24H40N4O7S2. The van der Waals surface area contributed by atoms with Gasteiger partial charge in [0.1, 0.15) is 5.75 Å². The highest BCUT2D eigenvalue weighted by Crippen LogP contribution is 2.44. The molecule has 2 N–H and O–H groups in total. The molecule has 2 saturated heterocycles. The van der Waals surface area contributed by atoms with Crippen molar-refractivity contribution in [3.05, 3.63) is 29.3 Å². The summed E-state index contributed by atoms with van der Waals surface area (Å²) >= 11 is 0. The van der Waals surface area contributed by atoms with E-state index in [1.807, 2.05) is 6.07 Å². The third kappa shape index (κ3) is 7.42. The number of carboxylic acids is 1. The zero-order valence-electron chi connectivity index (χ0n) is 22.1. The smallest absolute Gasteiger partial charge is 0.300 e. The van der Waals surface area contributed by atoms with Gasteiger partial charge in [-0.3, -0.25) is 9.69 Å². The summed E-state index contributed by atoms with van der Waals surface area (Å²) in [6, 6.07) is 6.48. The van der Waals surface area contributed by atoms with Crippen LogP contribution >= 0.6 is 0 Å². The van der Waals surface area contributed by atoms with Gasteiger partial charge in [0.15, 0.2) is 0 Å². The minimum absolute atomic E-state index is 0.00322. The van der Waals surface area contributed by atoms with Gasteiger partial charge in [0.2, 0.25) is 10.0 Å². The zero-order chi connectivity index (χ0) is 27.4. The molecule has 0 radical (unpaired) electrons. The third-order valence-corrected chi connectivity index (χ3v) is 10.8. The fraction of sp³-hybridized carbons (Fsp3) is 0.708. The predicted octanol–water partition coefficient (Wildman–Crippen LogP) is 1.29. The van der Waals surface area contributed by atoms with Gasteiger partial charge < -0.3 is 9.84 Å². The Labute approximate surface area is 221 Å². The predicted molar refractivity (Wildman–Crippen MR) is 141 cm³/mol. The molecule has 2 fully saturated rings. The summed E-state index contributed by atoms with van der Waals surface area (Å²) in [5.74, 6) is 0.327. The molecular weight excluding hydrogens is 520 g/mol. The van der Waals surface area contributed by atoms with Crippen molar-refractivity contribution in [2.45, 2.75) is 51.1 Å². The number of methoxy groups -OCH3 is 1. The van der Waals surface area contributed by atoms with Crippen molar-refractivity contribution in [3.8, 4) is 5.75 Å². The molecule has 3 aliphatic heterocycles. The number of carboxylic acid groups (broad SMARTS) is 1. The lowest BCUT2D eigenvalue weighted by atomic mass is 9.77. The number of carbonyl (C=O) groups is 1. The van der Waals surface area contributed by atoms with Gasteiger partial charge in [0.25, 0.3) is 16.2 Å². The molecule has 11 nitrogen and oxygen atoms in total. The van der Waals surface area contributed by atoms with E-state index in [0.29, 0.717) is 12.5 Å². The van der Waals surface area contributed by atoms with Gasteiger partial charge >= 0.3 is 0 Å². The molecule has 0 amide bonds. The minimum atomic E-state index is -3.55. The summed E-state index contributed by atoms with van der Waals surface area (Å²) in [6.07, 6.45) is 3.97. The summed E-state index contributed by atoms with van der Waals surface area (Å²) in [7, 11) is -2.45. The quantitative estimate of drug-likeness (QED) is 0.454. The number of sulfonamides is 1. The summed E-state index contributed by atoms with van der Waals surface area (Å²) in [6.45, 7) is 3.66. The van der Waals surface area contributed by atoms with E-state index in [0.717, 1.165) is 55.8 Å². The maximum atomic E-state index is 13.3. The number of fused-ring (bicyclic) bond motifs is 4. The highest BCUT2D eigenvalue weighted by Gasteiger charge is 2.45. The van der Waals surface area contributed by atoms with Gasteiger partial charge in [-0.2, -0.15) is 17.0 Å². The van der Waals surface area contributed by atoms with Crippen molar-refractivity contribution in [3.63, 3.8) is 0 Å². The average Bonchev–Trinajstić information content (AvgIpc) is 2.84. The van der Waals surface area contributed by atoms with Crippen molar-refractivity contribution in [1.82, 2.24) is 18.2 Å². The SMILES string of the molecule is CC(=O)O.COc1ccc2c(c1)CCN1C[C@H]3CCCN(S(=O)(=O)CCCNS(=O)(=O)N(C)C)[C@H]3C[C@@H]21. The number of nitrogens with one attached hydrogen (secondary N) is 1. The largest absolute Gasteiger partial charge is 0.497 e. The topological polar surface area (TPSA) is 137 Å². The van der Waals surface area contributed by atoms with Crippen LogP contribution in [-0.2, 0) is 31.4 Å². The first-order valence-electron chi connectivity index (χ1n) is 12.6. The average molecular weight is 561 g/mol. The number of rotatable bonds is 8. The second-order valence-electron chi connectivity index (χ2n) is 10.0. The van der Waals surface area contributed by atoms with Crippen molar-refractivity contribution >= 4 is 26.2 Å². The van der Waals surface area contributed by atoms with Gasteiger partial charge in [-0.05, 0) is 61.3 Å². The number of nitrogens with zero attached hydrogens (tertiary/aromatic N) is 3. The number of hydrogen-bond acceptors (Lipinski definition) is 7. The van der Waals surface area contributed by atoms with Crippen molar-refractivity contribution < 1.29 is 31.5 Å². The van der Waals surface area contributed by atoms with Crippen LogP contribution in [-0.4, -0.2) is 101 Å². The molecule has 3 heterocycles. The van der Waals surface area contributed by atoms with Crippen LogP contribution in [0.5, 0.6) is 5.75 Å². The fourth-order valence-electron chi connectivity index (χ4n) is 5.56. The first kappa shape index (κ1) is 29.8. The maximum Gasteiger partial charge on any atom is 0.300 e. The Morgan fingerprint density at radius 1 is 1.22 bits per heavy atom. The van der Waals surface area contributed by atoms with Crippen LogP contribution in [0.2, 0.25) is 0 Å². The van der Waals surface area contributed by atoms with E-state index in [2.05, 4.69) is 21.8 Å². The molecule has 0 aromatic heterocycles. The lowest BCUT2D eigenvalue weighted by Gasteiger charge is -2.51. The Bertz CT molecular complexity index is 1150. The van der Waals surface area contributed by atoms with E-state index in [1.165, 1.54) is 25.2 Å². The van der Waals surface area contributed by atoms with Crippen molar-refractivity contribution in [1.29, 1.82) is 0 Å². The van der Waals surface area contributed by atoms with Gasteiger partial charge in [0.05, 0.1) is 12.9 Å². The van der Waals surface area contributed by atoms with Crippen LogP contribution in [0.4, 0.5) is 0 Å². The Balaban J connectivity index is 0.000000886. The molecule has 0 bridgehead atoms. The normalized spacial score (nSPS) is 24.3. The van der Waals surface area contributed by atoms with Gasteiger partial charge in [-0.15, -0.1) is 0 Å². The van der Waals surface area contributed by atoms with Gasteiger partial charge in [0, 0.05) is 59.3 Å². The Hall–Kier alpha value is -1.77. The Morgan fingerprint density at radius 3 is 2.57 bits per heavy atom. The Morgan fingerprint density at radius 2 is 1.92 bits per heavy atom. The molecule has 4 rings (SSSR count). The lowest BCUT2D eigenvalue weighted by molar-refractivity contribution is -0.134. The van der Waals surface area contributed by atoms with Crippen molar-refractivity contribution in [2.75, 3.05) is 53.1 Å². The van der Waals surface area contributed by atoms with Crippen LogP contribution in [0.3, 0.4) is 0 Å². The second-order valence-corrected chi connectivity index (χ2v) is 14.0. The first-order valence-corrected chi connectivity index (χ1v) is 15.7. The minimum Gasteiger partial charge on any atom is -0.497 e. The van der Waals surface area contributed by atoms with E-state index in [1.54, 1.807) is 11.4 Å². The van der Waals surface area contributed by atoms with Gasteiger partial charge in [-0.25, -0.2) is 13.1 Å². The third-order valence-electron chi connectivity index (χ3n) is 7.32. The summed E-state index contributed by atoms with van der Waals surface area (Å²) in [4.78, 5) is 11.5. The van der Waals surface area contributed by atoms with Crippen LogP contribution in [0, 0.1) is 5.92 Å². The van der Waals surface area contributed by atoms with E-state index >= 15 is 0 Å². The molecule has 1 aromatic rings. The number of ether oxygens (including phenoxy) is 1. The van der Waals surface area contributed by atoms with E-state index in [-0.39, 0.29) is 30.8 Å². The lowest BCUT2D eigenvalue weighted by Crippen LogP contribution is -2.57. The molecule has 0 spiro atoms. The van der Waals surface area contributed by atoms with E-state index in [4.69, 9.17) is 14.6 Å². The van der Waals surface area contributed by atoms with Crippen LogP contribution in [0.1, 0.15) is 49.8 Å². The molecule has 3 aliphatic rings. The molecule has 0 saturated carbocycles. The number of piperidine rings is 2. The van der Waals surface area contributed by atoms with Crippen LogP contribution in [0.25, 0.3) is 0 Å². The summed E-state index contributed by atoms with van der Waals surface area (Å²) < 4.78 is 61.0. The highest BCUT2D eigenvalue weighted by atomic mass is 32.2. The summed E-state index contributed by atoms with van der Waals surface area (Å²) in [5, 5.41) is 7.42. The summed E-state index contributed by atoms with van der Waals surface area (Å²) in [5.41, 5.74) is 2.59. The molecule has 0 unspecified atom stereocenters. The fourth-order valence-corrected chi connectivity index (χ4v) is 8.05. The molecule has 13 heteroatoms. The molecule has 3 atom stereocenters. The molecule has 37 heavy (non-hydrogen) atoms. The van der Waals surface area contributed by atoms with E-state index < -0.39 is 26.2 Å². The highest BCUT2D eigenvalue weighted by molar-refractivity contribution is 7.89. The van der Waals surface area contributed by atoms with Crippen molar-refractivity contribution in [2.24, 2.45) is 5.92 Å². The molecule has 0 aliphatic carbocycles. The van der Waals surface area contributed by atoms with Gasteiger partial charge in [-0.1, -0.05) is 6.07 Å². The monoisotopic (exact) mass is 560 g/mol. The number of hydrogen-bond donors (Lipinski definition) is 2. The number of aliphatic carboxylic acids is 1. The molecule has 210 valence electrons. The standard InChI is InChI=1S/C22H36N4O5S2.C2H4O2/c1-24(2)33(29,30)23-10-5-13-32(27,28)26-11-4-6-18-16-25-12-9-17-14-19(31-3)7-8-20(17)22(25)15-21(18)26;1-2(3)4/h7-8,14,18,21-23H,4-6,9-13,15-16H2,1-3H3;1H3,(H,3,4)/t18-,21+,22+;/m1./s1. The number of benzene rings is 1. The van der Waals surface area contributed by atoms with Crippen LogP contribution in [0.15, 0.2) is 18.2 Å². The molecule has 1 aromatic carbocycles. The maximum absolute atomic E-state index is 13.3. The zero-order valence-corrected chi connectivity index (χ0v) is 23.7. The Kier molecular flexibility index (Phi) is 9.97. The van der Waals surface area contributed by atoms with Crippen LogP contribution < -0.4 is 9.46 Å². The second kappa shape index (κ2) is 12.4. The first-order chi connectivity index (χ1) is 17.4. The van der Waals surface area contributed by atoms with E-state index in [9.17, 15) is 16.8 Å².